The van der Waals surface area contributed by atoms with Crippen molar-refractivity contribution in [3.63, 3.8) is 0 Å². The number of rotatable bonds is 5. The van der Waals surface area contributed by atoms with Gasteiger partial charge in [0, 0.05) is 12.1 Å². The highest BCUT2D eigenvalue weighted by molar-refractivity contribution is 5.99. The lowest BCUT2D eigenvalue weighted by molar-refractivity contribution is 0.309. The SMILES string of the molecule is CCCCOc1ccc(C2=NCCN2)cc1. The second kappa shape index (κ2) is 5.54. The van der Waals surface area contributed by atoms with Crippen LogP contribution in [0.2, 0.25) is 0 Å². The van der Waals surface area contributed by atoms with Crippen LogP contribution in [0, 0.1) is 0 Å². The van der Waals surface area contributed by atoms with Crippen molar-refractivity contribution in [1.82, 2.24) is 5.32 Å². The number of amidine groups is 1. The van der Waals surface area contributed by atoms with Crippen LogP contribution in [0.15, 0.2) is 29.3 Å². The number of benzene rings is 1. The molecule has 0 spiro atoms. The van der Waals surface area contributed by atoms with Gasteiger partial charge in [0.05, 0.1) is 13.2 Å². The number of aliphatic imine (C=N–C) groups is 1. The van der Waals surface area contributed by atoms with E-state index in [1.54, 1.807) is 0 Å². The summed E-state index contributed by atoms with van der Waals surface area (Å²) in [7, 11) is 0. The fourth-order valence-corrected chi connectivity index (χ4v) is 1.63. The summed E-state index contributed by atoms with van der Waals surface area (Å²) in [4.78, 5) is 4.38. The molecule has 1 aliphatic rings. The number of hydrogen-bond donors (Lipinski definition) is 1. The van der Waals surface area contributed by atoms with Crippen molar-refractivity contribution < 1.29 is 4.74 Å². The molecule has 1 aromatic carbocycles. The monoisotopic (exact) mass is 218 g/mol. The Kier molecular flexibility index (Phi) is 3.81. The fraction of sp³-hybridized carbons (Fsp3) is 0.462. The summed E-state index contributed by atoms with van der Waals surface area (Å²) in [5.41, 5.74) is 1.14. The minimum absolute atomic E-state index is 0.801. The van der Waals surface area contributed by atoms with Gasteiger partial charge in [0.25, 0.3) is 0 Å². The highest BCUT2D eigenvalue weighted by Crippen LogP contribution is 2.13. The van der Waals surface area contributed by atoms with Gasteiger partial charge in [-0.3, -0.25) is 4.99 Å². The summed E-state index contributed by atoms with van der Waals surface area (Å²) in [6, 6.07) is 8.12. The summed E-state index contributed by atoms with van der Waals surface area (Å²) < 4.78 is 5.60. The molecule has 1 aromatic rings. The Hall–Kier alpha value is -1.51. The standard InChI is InChI=1S/C13H18N2O/c1-2-3-10-16-12-6-4-11(5-7-12)13-14-8-9-15-13/h4-7H,2-3,8-10H2,1H3,(H,14,15). The molecule has 2 rings (SSSR count). The molecule has 0 fully saturated rings. The Morgan fingerprint density at radius 3 is 2.75 bits per heavy atom. The van der Waals surface area contributed by atoms with Gasteiger partial charge in [0.15, 0.2) is 0 Å². The van der Waals surface area contributed by atoms with Gasteiger partial charge in [-0.1, -0.05) is 13.3 Å². The Balaban J connectivity index is 1.93. The van der Waals surface area contributed by atoms with Crippen molar-refractivity contribution in [2.45, 2.75) is 19.8 Å². The molecule has 3 heteroatoms. The molecule has 3 nitrogen and oxygen atoms in total. The minimum atomic E-state index is 0.801. The van der Waals surface area contributed by atoms with E-state index in [0.717, 1.165) is 43.3 Å². The molecule has 0 saturated carbocycles. The summed E-state index contributed by atoms with van der Waals surface area (Å²) in [5, 5.41) is 3.25. The maximum Gasteiger partial charge on any atom is 0.128 e. The molecule has 16 heavy (non-hydrogen) atoms. The zero-order chi connectivity index (χ0) is 11.2. The molecule has 0 unspecified atom stereocenters. The first-order valence-electron chi connectivity index (χ1n) is 5.91. The molecular formula is C13H18N2O. The Morgan fingerprint density at radius 1 is 1.31 bits per heavy atom. The summed E-state index contributed by atoms with van der Waals surface area (Å²) in [6.07, 6.45) is 2.27. The molecule has 0 bridgehead atoms. The number of nitrogens with one attached hydrogen (secondary N) is 1. The lowest BCUT2D eigenvalue weighted by Crippen LogP contribution is -2.19. The molecule has 0 radical (unpaired) electrons. The van der Waals surface area contributed by atoms with Crippen molar-refractivity contribution in [2.24, 2.45) is 4.99 Å². The second-order valence-electron chi connectivity index (χ2n) is 3.88. The Morgan fingerprint density at radius 2 is 2.12 bits per heavy atom. The third kappa shape index (κ3) is 2.75. The third-order valence-electron chi connectivity index (χ3n) is 2.57. The van der Waals surface area contributed by atoms with E-state index in [4.69, 9.17) is 4.74 Å². The van der Waals surface area contributed by atoms with Crippen LogP contribution in [0.5, 0.6) is 5.75 Å². The molecule has 1 aliphatic heterocycles. The van der Waals surface area contributed by atoms with Crippen molar-refractivity contribution in [3.8, 4) is 5.75 Å². The largest absolute Gasteiger partial charge is 0.494 e. The molecule has 1 N–H and O–H groups in total. The van der Waals surface area contributed by atoms with Gasteiger partial charge in [-0.25, -0.2) is 0 Å². The van der Waals surface area contributed by atoms with Crippen LogP contribution in [0.1, 0.15) is 25.3 Å². The second-order valence-corrected chi connectivity index (χ2v) is 3.88. The molecule has 0 aromatic heterocycles. The van der Waals surface area contributed by atoms with Gasteiger partial charge >= 0.3 is 0 Å². The van der Waals surface area contributed by atoms with E-state index < -0.39 is 0 Å². The fourth-order valence-electron chi connectivity index (χ4n) is 1.63. The summed E-state index contributed by atoms with van der Waals surface area (Å²) in [6.45, 7) is 4.79. The van der Waals surface area contributed by atoms with Gasteiger partial charge in [-0.2, -0.15) is 0 Å². The molecule has 0 saturated heterocycles. The maximum absolute atomic E-state index is 5.60. The first kappa shape index (κ1) is 11.0. The first-order chi connectivity index (χ1) is 7.90. The molecule has 0 atom stereocenters. The normalized spacial score (nSPS) is 14.4. The van der Waals surface area contributed by atoms with Crippen LogP contribution in [-0.2, 0) is 0 Å². The molecule has 0 aliphatic carbocycles. The van der Waals surface area contributed by atoms with Crippen LogP contribution < -0.4 is 10.1 Å². The Labute approximate surface area is 96.5 Å². The smallest absolute Gasteiger partial charge is 0.128 e. The number of hydrogen-bond acceptors (Lipinski definition) is 3. The topological polar surface area (TPSA) is 33.6 Å². The van der Waals surface area contributed by atoms with E-state index in [-0.39, 0.29) is 0 Å². The number of ether oxygens (including phenoxy) is 1. The molecular weight excluding hydrogens is 200 g/mol. The quantitative estimate of drug-likeness (QED) is 0.769. The zero-order valence-corrected chi connectivity index (χ0v) is 9.70. The number of unbranched alkanes of at least 4 members (excludes halogenated alkanes) is 1. The summed E-state index contributed by atoms with van der Waals surface area (Å²) in [5.74, 6) is 1.94. The van der Waals surface area contributed by atoms with Crippen molar-refractivity contribution in [1.29, 1.82) is 0 Å². The minimum Gasteiger partial charge on any atom is -0.494 e. The van der Waals surface area contributed by atoms with Crippen molar-refractivity contribution >= 4 is 5.84 Å². The third-order valence-corrected chi connectivity index (χ3v) is 2.57. The Bertz CT molecular complexity index is 357. The van der Waals surface area contributed by atoms with E-state index in [0.29, 0.717) is 0 Å². The lowest BCUT2D eigenvalue weighted by atomic mass is 10.2. The van der Waals surface area contributed by atoms with Gasteiger partial charge in [0.1, 0.15) is 11.6 Å². The van der Waals surface area contributed by atoms with Gasteiger partial charge in [0.2, 0.25) is 0 Å². The molecule has 86 valence electrons. The van der Waals surface area contributed by atoms with Crippen LogP contribution in [-0.4, -0.2) is 25.5 Å². The number of nitrogens with zero attached hydrogens (tertiary/aromatic N) is 1. The van der Waals surface area contributed by atoms with Gasteiger partial charge in [-0.15, -0.1) is 0 Å². The van der Waals surface area contributed by atoms with Crippen molar-refractivity contribution in [2.75, 3.05) is 19.7 Å². The average Bonchev–Trinajstić information content (AvgIpc) is 2.84. The van der Waals surface area contributed by atoms with Crippen LogP contribution in [0.3, 0.4) is 0 Å². The predicted octanol–water partition coefficient (Wildman–Crippen LogP) is 2.22. The van der Waals surface area contributed by atoms with Crippen molar-refractivity contribution in [3.05, 3.63) is 29.8 Å². The first-order valence-corrected chi connectivity index (χ1v) is 5.91. The van der Waals surface area contributed by atoms with E-state index >= 15 is 0 Å². The predicted molar refractivity (Wildman–Crippen MR) is 66.3 cm³/mol. The van der Waals surface area contributed by atoms with Crippen LogP contribution in [0.4, 0.5) is 0 Å². The highest BCUT2D eigenvalue weighted by atomic mass is 16.5. The molecule has 1 heterocycles. The molecule has 0 amide bonds. The van der Waals surface area contributed by atoms with Crippen LogP contribution in [0.25, 0.3) is 0 Å². The highest BCUT2D eigenvalue weighted by Gasteiger charge is 2.07. The average molecular weight is 218 g/mol. The van der Waals surface area contributed by atoms with E-state index in [1.165, 1.54) is 6.42 Å². The maximum atomic E-state index is 5.60. The van der Waals surface area contributed by atoms with E-state index in [1.807, 2.05) is 12.1 Å². The zero-order valence-electron chi connectivity index (χ0n) is 9.70. The van der Waals surface area contributed by atoms with E-state index in [2.05, 4.69) is 29.4 Å². The lowest BCUT2D eigenvalue weighted by Gasteiger charge is -2.06. The van der Waals surface area contributed by atoms with Gasteiger partial charge < -0.3 is 10.1 Å². The van der Waals surface area contributed by atoms with E-state index in [9.17, 15) is 0 Å². The summed E-state index contributed by atoms with van der Waals surface area (Å²) >= 11 is 0. The van der Waals surface area contributed by atoms with Gasteiger partial charge in [-0.05, 0) is 30.7 Å². The van der Waals surface area contributed by atoms with Crippen LogP contribution >= 0.6 is 0 Å².